The van der Waals surface area contributed by atoms with Gasteiger partial charge in [0.1, 0.15) is 0 Å². The normalized spacial score (nSPS) is 13.8. The highest BCUT2D eigenvalue weighted by Crippen LogP contribution is 2.20. The third-order valence-corrected chi connectivity index (χ3v) is 4.31. The Bertz CT molecular complexity index is 720. The number of carbonyl (C=O) groups is 1. The van der Waals surface area contributed by atoms with Crippen molar-refractivity contribution in [2.45, 2.75) is 26.7 Å². The van der Waals surface area contributed by atoms with E-state index in [1.54, 1.807) is 6.20 Å². The summed E-state index contributed by atoms with van der Waals surface area (Å²) in [6.07, 6.45) is 4.27. The first-order chi connectivity index (χ1) is 12.1. The smallest absolute Gasteiger partial charge is 0.251 e. The van der Waals surface area contributed by atoms with Crippen molar-refractivity contribution in [3.8, 4) is 0 Å². The van der Waals surface area contributed by atoms with Gasteiger partial charge in [-0.3, -0.25) is 4.79 Å². The Balaban J connectivity index is 1.48. The van der Waals surface area contributed by atoms with E-state index < -0.39 is 0 Å². The van der Waals surface area contributed by atoms with Crippen LogP contribution < -0.4 is 15.5 Å². The van der Waals surface area contributed by atoms with E-state index in [0.717, 1.165) is 35.7 Å². The van der Waals surface area contributed by atoms with Crippen LogP contribution in [0.5, 0.6) is 0 Å². The maximum Gasteiger partial charge on any atom is 0.251 e. The summed E-state index contributed by atoms with van der Waals surface area (Å²) in [4.78, 5) is 14.5. The summed E-state index contributed by atoms with van der Waals surface area (Å²) in [6, 6.07) is 7.88. The molecule has 1 fully saturated rings. The second kappa shape index (κ2) is 7.96. The number of nitrogens with zero attached hydrogens (tertiary/aromatic N) is 3. The number of benzene rings is 1. The molecular formula is C19H25N5O. The first kappa shape index (κ1) is 17.2. The second-order valence-electron chi connectivity index (χ2n) is 6.55. The number of aromatic nitrogens is 2. The highest BCUT2D eigenvalue weighted by atomic mass is 16.1. The fourth-order valence-corrected chi connectivity index (χ4v) is 3.17. The molecule has 6 heteroatoms. The van der Waals surface area contributed by atoms with E-state index in [1.165, 1.54) is 12.8 Å². The molecule has 1 saturated heterocycles. The van der Waals surface area contributed by atoms with Gasteiger partial charge in [-0.2, -0.15) is 5.10 Å². The number of nitrogens with one attached hydrogen (secondary N) is 2. The predicted molar refractivity (Wildman–Crippen MR) is 100 cm³/mol. The summed E-state index contributed by atoms with van der Waals surface area (Å²) in [6.45, 7) is 7.29. The van der Waals surface area contributed by atoms with Crippen molar-refractivity contribution in [1.82, 2.24) is 15.5 Å². The van der Waals surface area contributed by atoms with Gasteiger partial charge in [0.15, 0.2) is 5.82 Å². The minimum atomic E-state index is -0.0505. The molecule has 6 nitrogen and oxygen atoms in total. The molecule has 0 aliphatic carbocycles. The van der Waals surface area contributed by atoms with E-state index in [9.17, 15) is 4.79 Å². The van der Waals surface area contributed by atoms with E-state index >= 15 is 0 Å². The topological polar surface area (TPSA) is 70.2 Å². The lowest BCUT2D eigenvalue weighted by Crippen LogP contribution is -2.29. The molecule has 0 spiro atoms. The van der Waals surface area contributed by atoms with Gasteiger partial charge in [0, 0.05) is 37.8 Å². The van der Waals surface area contributed by atoms with E-state index in [0.29, 0.717) is 18.7 Å². The maximum atomic E-state index is 12.2. The first-order valence-corrected chi connectivity index (χ1v) is 8.80. The molecule has 0 unspecified atom stereocenters. The largest absolute Gasteiger partial charge is 0.370 e. The average Bonchev–Trinajstić information content (AvgIpc) is 3.12. The summed E-state index contributed by atoms with van der Waals surface area (Å²) in [5.74, 6) is 0.690. The third-order valence-electron chi connectivity index (χ3n) is 4.31. The second-order valence-corrected chi connectivity index (χ2v) is 6.55. The molecule has 0 bridgehead atoms. The van der Waals surface area contributed by atoms with Crippen LogP contribution in [-0.4, -0.2) is 42.3 Å². The molecule has 1 aromatic carbocycles. The molecule has 2 N–H and O–H groups in total. The standard InChI is InChI=1S/C19H25N5O/c1-14-9-15(2)11-16(10-14)19(25)21-6-5-20-18-12-17(13-22-23-18)24-7-3-4-8-24/h9-13H,3-8H2,1-2H3,(H,20,23)(H,21,25). The lowest BCUT2D eigenvalue weighted by Gasteiger charge is -2.17. The number of rotatable bonds is 6. The number of carbonyl (C=O) groups excluding carboxylic acids is 1. The summed E-state index contributed by atoms with van der Waals surface area (Å²) >= 11 is 0. The molecule has 1 aromatic heterocycles. The number of hydrogen-bond acceptors (Lipinski definition) is 5. The van der Waals surface area contributed by atoms with Gasteiger partial charge in [-0.05, 0) is 38.8 Å². The SMILES string of the molecule is Cc1cc(C)cc(C(=O)NCCNc2cc(N3CCCC3)cnn2)c1. The fourth-order valence-electron chi connectivity index (χ4n) is 3.17. The molecule has 0 radical (unpaired) electrons. The Morgan fingerprint density at radius 1 is 1.08 bits per heavy atom. The van der Waals surface area contributed by atoms with Crippen molar-refractivity contribution in [3.63, 3.8) is 0 Å². The molecule has 1 aliphatic heterocycles. The molecule has 132 valence electrons. The molecule has 2 aromatic rings. The summed E-state index contributed by atoms with van der Waals surface area (Å²) in [5.41, 5.74) is 4.00. The van der Waals surface area contributed by atoms with E-state index in [2.05, 4.69) is 31.8 Å². The zero-order valence-corrected chi connectivity index (χ0v) is 14.9. The third kappa shape index (κ3) is 4.68. The minimum absolute atomic E-state index is 0.0505. The van der Waals surface area contributed by atoms with Crippen molar-refractivity contribution in [2.75, 3.05) is 36.4 Å². The van der Waals surface area contributed by atoms with Crippen molar-refractivity contribution >= 4 is 17.4 Å². The van der Waals surface area contributed by atoms with Gasteiger partial charge in [-0.25, -0.2) is 0 Å². The lowest BCUT2D eigenvalue weighted by molar-refractivity contribution is 0.0955. The molecule has 25 heavy (non-hydrogen) atoms. The Labute approximate surface area is 148 Å². The van der Waals surface area contributed by atoms with Crippen molar-refractivity contribution < 1.29 is 4.79 Å². The Morgan fingerprint density at radius 2 is 1.80 bits per heavy atom. The number of amides is 1. The first-order valence-electron chi connectivity index (χ1n) is 8.80. The van der Waals surface area contributed by atoms with Crippen LogP contribution in [0.4, 0.5) is 11.5 Å². The van der Waals surface area contributed by atoms with Gasteiger partial charge in [0.05, 0.1) is 11.9 Å². The molecule has 1 aliphatic rings. The quantitative estimate of drug-likeness (QED) is 0.792. The van der Waals surface area contributed by atoms with Gasteiger partial charge >= 0.3 is 0 Å². The van der Waals surface area contributed by atoms with Crippen LogP contribution in [0.3, 0.4) is 0 Å². The van der Waals surface area contributed by atoms with E-state index in [-0.39, 0.29) is 5.91 Å². The van der Waals surface area contributed by atoms with Crippen molar-refractivity contribution in [3.05, 3.63) is 47.2 Å². The molecule has 3 rings (SSSR count). The van der Waals surface area contributed by atoms with Crippen LogP contribution in [0.2, 0.25) is 0 Å². The van der Waals surface area contributed by atoms with Crippen molar-refractivity contribution in [2.24, 2.45) is 0 Å². The van der Waals surface area contributed by atoms with Gasteiger partial charge in [-0.1, -0.05) is 17.2 Å². The molecule has 0 atom stereocenters. The Morgan fingerprint density at radius 3 is 2.52 bits per heavy atom. The average molecular weight is 339 g/mol. The van der Waals surface area contributed by atoms with Crippen LogP contribution in [-0.2, 0) is 0 Å². The van der Waals surface area contributed by atoms with Gasteiger partial charge < -0.3 is 15.5 Å². The highest BCUT2D eigenvalue weighted by Gasteiger charge is 2.13. The van der Waals surface area contributed by atoms with E-state index in [1.807, 2.05) is 32.0 Å². The lowest BCUT2D eigenvalue weighted by atomic mass is 10.1. The fraction of sp³-hybridized carbons (Fsp3) is 0.421. The maximum absolute atomic E-state index is 12.2. The van der Waals surface area contributed by atoms with Crippen LogP contribution in [0.25, 0.3) is 0 Å². The number of hydrogen-bond donors (Lipinski definition) is 2. The zero-order valence-electron chi connectivity index (χ0n) is 14.9. The molecule has 1 amide bonds. The number of aryl methyl sites for hydroxylation is 2. The predicted octanol–water partition coefficient (Wildman–Crippen LogP) is 2.54. The van der Waals surface area contributed by atoms with Gasteiger partial charge in [0.25, 0.3) is 5.91 Å². The van der Waals surface area contributed by atoms with Gasteiger partial charge in [-0.15, -0.1) is 5.10 Å². The molecular weight excluding hydrogens is 314 g/mol. The van der Waals surface area contributed by atoms with Crippen LogP contribution in [0.15, 0.2) is 30.5 Å². The van der Waals surface area contributed by atoms with Crippen molar-refractivity contribution in [1.29, 1.82) is 0 Å². The highest BCUT2D eigenvalue weighted by molar-refractivity contribution is 5.94. The van der Waals surface area contributed by atoms with Crippen LogP contribution in [0.1, 0.15) is 34.3 Å². The summed E-state index contributed by atoms with van der Waals surface area (Å²) in [5, 5.41) is 14.3. The van der Waals surface area contributed by atoms with Crippen LogP contribution in [0, 0.1) is 13.8 Å². The summed E-state index contributed by atoms with van der Waals surface area (Å²) in [7, 11) is 0. The van der Waals surface area contributed by atoms with E-state index in [4.69, 9.17) is 0 Å². The van der Waals surface area contributed by atoms with Crippen LogP contribution >= 0.6 is 0 Å². The Hall–Kier alpha value is -2.63. The Kier molecular flexibility index (Phi) is 5.48. The zero-order chi connectivity index (χ0) is 17.6. The molecule has 2 heterocycles. The number of anilines is 2. The minimum Gasteiger partial charge on any atom is -0.370 e. The van der Waals surface area contributed by atoms with Gasteiger partial charge in [0.2, 0.25) is 0 Å². The summed E-state index contributed by atoms with van der Waals surface area (Å²) < 4.78 is 0. The monoisotopic (exact) mass is 339 g/mol. The molecule has 0 saturated carbocycles.